The van der Waals surface area contributed by atoms with Crippen molar-refractivity contribution in [3.63, 3.8) is 0 Å². The van der Waals surface area contributed by atoms with E-state index in [1.54, 1.807) is 0 Å². The Kier molecular flexibility index (Phi) is 10.4. The third-order valence-corrected chi connectivity index (χ3v) is 17.3. The Balaban J connectivity index is 1.21. The predicted octanol–water partition coefficient (Wildman–Crippen LogP) is 19.1. The summed E-state index contributed by atoms with van der Waals surface area (Å²) in [5.74, 6) is 0. The molecule has 382 valence electrons. The second-order valence-electron chi connectivity index (χ2n) is 26.7. The fraction of sp³-hybridized carbons (Fsp3) is 0.216. The van der Waals surface area contributed by atoms with E-state index in [0.717, 1.165) is 33.1 Å². The van der Waals surface area contributed by atoms with Gasteiger partial charge in [-0.1, -0.05) is 198 Å². The molecule has 1 aromatic heterocycles. The molecule has 0 saturated heterocycles. The van der Waals surface area contributed by atoms with E-state index < -0.39 is 0 Å². The minimum absolute atomic E-state index is 0.111. The van der Waals surface area contributed by atoms with Crippen LogP contribution in [0.25, 0.3) is 76.2 Å². The van der Waals surface area contributed by atoms with Gasteiger partial charge in [0.25, 0.3) is 6.71 Å². The number of furan rings is 1. The maximum absolute atomic E-state index is 6.71. The number of para-hydroxylation sites is 1. The molecular weight excluding hydrogens is 944 g/mol. The highest BCUT2D eigenvalue weighted by molar-refractivity contribution is 7.00. The van der Waals surface area contributed by atoms with Crippen LogP contribution in [0.1, 0.15) is 105 Å². The highest BCUT2D eigenvalue weighted by atomic mass is 16.3. The largest absolute Gasteiger partial charge is 0.456 e. The van der Waals surface area contributed by atoms with Crippen LogP contribution in [0, 0.1) is 0 Å². The van der Waals surface area contributed by atoms with Gasteiger partial charge in [0, 0.05) is 55.7 Å². The monoisotopic (exact) mass is 1010 g/mol. The molecule has 3 nitrogen and oxygen atoms in total. The van der Waals surface area contributed by atoms with Gasteiger partial charge in [0.15, 0.2) is 0 Å². The number of fused-ring (bicyclic) bond motifs is 13. The summed E-state index contributed by atoms with van der Waals surface area (Å²) in [4.78, 5) is 5.38. The highest BCUT2D eigenvalue weighted by Gasteiger charge is 2.46. The molecule has 0 radical (unpaired) electrons. The zero-order chi connectivity index (χ0) is 53.9. The van der Waals surface area contributed by atoms with Crippen molar-refractivity contribution in [2.24, 2.45) is 0 Å². The molecule has 78 heavy (non-hydrogen) atoms. The van der Waals surface area contributed by atoms with Crippen LogP contribution in [0.15, 0.2) is 192 Å². The fourth-order valence-corrected chi connectivity index (χ4v) is 12.9. The Morgan fingerprint density at radius 1 is 0.346 bits per heavy atom. The van der Waals surface area contributed by atoms with Crippen LogP contribution in [0.3, 0.4) is 0 Å². The molecule has 4 heteroatoms. The third kappa shape index (κ3) is 7.54. The summed E-state index contributed by atoms with van der Waals surface area (Å²) in [5, 5.41) is 12.1. The molecule has 14 rings (SSSR count). The number of hydrogen-bond acceptors (Lipinski definition) is 3. The van der Waals surface area contributed by atoms with E-state index in [4.69, 9.17) is 4.42 Å². The summed E-state index contributed by atoms with van der Waals surface area (Å²) in [5.41, 5.74) is 20.0. The van der Waals surface area contributed by atoms with Crippen molar-refractivity contribution >= 4 is 122 Å². The number of anilines is 6. The van der Waals surface area contributed by atoms with Crippen LogP contribution in [0.4, 0.5) is 34.1 Å². The Bertz CT molecular complexity index is 4220. The van der Waals surface area contributed by atoms with Crippen LogP contribution < -0.4 is 26.2 Å². The quantitative estimate of drug-likeness (QED) is 0.130. The van der Waals surface area contributed by atoms with Crippen molar-refractivity contribution in [3.8, 4) is 11.1 Å². The molecule has 2 aliphatic rings. The Morgan fingerprint density at radius 3 is 1.21 bits per heavy atom. The van der Waals surface area contributed by atoms with Crippen molar-refractivity contribution in [3.05, 3.63) is 210 Å². The first-order valence-corrected chi connectivity index (χ1v) is 28.1. The maximum Gasteiger partial charge on any atom is 0.252 e. The molecule has 0 unspecified atom stereocenters. The van der Waals surface area contributed by atoms with Gasteiger partial charge >= 0.3 is 0 Å². The van der Waals surface area contributed by atoms with E-state index in [1.807, 2.05) is 0 Å². The fourth-order valence-electron chi connectivity index (χ4n) is 12.9. The molecule has 11 aromatic carbocycles. The van der Waals surface area contributed by atoms with Gasteiger partial charge < -0.3 is 14.2 Å². The van der Waals surface area contributed by atoms with Crippen LogP contribution in [-0.2, 0) is 21.7 Å². The second kappa shape index (κ2) is 16.7. The third-order valence-electron chi connectivity index (χ3n) is 17.3. The molecule has 0 fully saturated rings. The van der Waals surface area contributed by atoms with Crippen LogP contribution in [0.2, 0.25) is 0 Å². The molecular formula is C74H67BN2O. The Labute approximate surface area is 460 Å². The maximum atomic E-state index is 6.71. The lowest BCUT2D eigenvalue weighted by molar-refractivity contribution is 0.568. The topological polar surface area (TPSA) is 19.6 Å². The van der Waals surface area contributed by atoms with E-state index in [2.05, 4.69) is 281 Å². The molecule has 12 aromatic rings. The summed E-state index contributed by atoms with van der Waals surface area (Å²) in [7, 11) is 0. The van der Waals surface area contributed by atoms with Gasteiger partial charge in [-0.3, -0.25) is 0 Å². The number of hydrogen-bond donors (Lipinski definition) is 0. The van der Waals surface area contributed by atoms with Gasteiger partial charge in [-0.2, -0.15) is 0 Å². The lowest BCUT2D eigenvalue weighted by Crippen LogP contribution is -2.61. The van der Waals surface area contributed by atoms with Gasteiger partial charge in [-0.05, 0) is 177 Å². The molecule has 0 saturated carbocycles. The van der Waals surface area contributed by atoms with Crippen LogP contribution in [0.5, 0.6) is 0 Å². The lowest BCUT2D eigenvalue weighted by Gasteiger charge is -2.46. The molecule has 2 aliphatic heterocycles. The second-order valence-corrected chi connectivity index (χ2v) is 26.7. The first-order valence-electron chi connectivity index (χ1n) is 28.1. The van der Waals surface area contributed by atoms with Gasteiger partial charge in [-0.25, -0.2) is 0 Å². The molecule has 0 spiro atoms. The summed E-state index contributed by atoms with van der Waals surface area (Å²) < 4.78 is 6.71. The first kappa shape index (κ1) is 48.3. The van der Waals surface area contributed by atoms with Gasteiger partial charge in [-0.15, -0.1) is 0 Å². The minimum Gasteiger partial charge on any atom is -0.456 e. The number of benzene rings is 11. The van der Waals surface area contributed by atoms with Gasteiger partial charge in [0.1, 0.15) is 11.2 Å². The van der Waals surface area contributed by atoms with Gasteiger partial charge in [0.05, 0.1) is 0 Å². The van der Waals surface area contributed by atoms with Gasteiger partial charge in [0.2, 0.25) is 0 Å². The molecule has 0 N–H and O–H groups in total. The minimum atomic E-state index is -0.116. The Morgan fingerprint density at radius 2 is 0.756 bits per heavy atom. The van der Waals surface area contributed by atoms with Crippen molar-refractivity contribution in [1.29, 1.82) is 0 Å². The van der Waals surface area contributed by atoms with Crippen molar-refractivity contribution in [1.82, 2.24) is 0 Å². The van der Waals surface area contributed by atoms with Crippen molar-refractivity contribution < 1.29 is 4.42 Å². The van der Waals surface area contributed by atoms with Crippen molar-refractivity contribution in [2.75, 3.05) is 9.80 Å². The Hall–Kier alpha value is -8.08. The van der Waals surface area contributed by atoms with Crippen LogP contribution >= 0.6 is 0 Å². The van der Waals surface area contributed by atoms with E-state index >= 15 is 0 Å². The van der Waals surface area contributed by atoms with E-state index in [1.165, 1.54) is 116 Å². The lowest BCUT2D eigenvalue weighted by atomic mass is 9.33. The highest BCUT2D eigenvalue weighted by Crippen LogP contribution is 2.52. The summed E-state index contributed by atoms with van der Waals surface area (Å²) in [6, 6.07) is 72.4. The molecule has 0 atom stereocenters. The summed E-state index contributed by atoms with van der Waals surface area (Å²) in [6.07, 6.45) is 0. The average Bonchev–Trinajstić information content (AvgIpc) is 3.28. The number of rotatable bonds is 3. The normalized spacial score (nSPS) is 13.8. The van der Waals surface area contributed by atoms with Crippen molar-refractivity contribution in [2.45, 2.75) is 105 Å². The van der Waals surface area contributed by atoms with Crippen LogP contribution in [-0.4, -0.2) is 6.71 Å². The molecule has 0 aliphatic carbocycles. The van der Waals surface area contributed by atoms with E-state index in [0.29, 0.717) is 0 Å². The average molecular weight is 1010 g/mol. The summed E-state index contributed by atoms with van der Waals surface area (Å²) >= 11 is 0. The van der Waals surface area contributed by atoms with E-state index in [-0.39, 0.29) is 28.4 Å². The zero-order valence-corrected chi connectivity index (χ0v) is 47.3. The standard InChI is InChI=1S/C74H67BN2O/c1-71(2,3)51-38-52(72(4,5)6)41-55(40-51)76-63-36-50(57-25-19-27-66-67(57)58-24-17-18-26-65(58)78-66)37-64-68(63)75(61-30-28-48-32-44-20-13-15-22-46(44)34-59(48)69(61)76)62-31-29-49-33-45-21-14-16-23-47(45)35-60(49)70(62)77(64)56-42-53(73(7,8)9)39-54(43-56)74(10,11)12/h13-43H,1-12H3. The zero-order valence-electron chi connectivity index (χ0n) is 47.3. The molecule has 0 bridgehead atoms. The van der Waals surface area contributed by atoms with E-state index in [9.17, 15) is 0 Å². The molecule has 0 amide bonds. The predicted molar refractivity (Wildman–Crippen MR) is 338 cm³/mol. The smallest absolute Gasteiger partial charge is 0.252 e. The first-order chi connectivity index (χ1) is 37.2. The SMILES string of the molecule is CC(C)(C)c1cc(N2c3cc(-c4cccc5oc6ccccc6c45)cc4c3B(c3ccc5cc6ccccc6cc5c32)c2ccc3cc5ccccc5cc3c2N4c2cc(C(C)(C)C)cc(C(C)(C)C)c2)cc(C(C)(C)C)c1. The molecule has 3 heterocycles. The number of nitrogens with zero attached hydrogens (tertiary/aromatic N) is 2. The summed E-state index contributed by atoms with van der Waals surface area (Å²) in [6.45, 7) is 28.2.